The van der Waals surface area contributed by atoms with Crippen molar-refractivity contribution in [2.45, 2.75) is 38.8 Å². The van der Waals surface area contributed by atoms with Crippen LogP contribution in [0.25, 0.3) is 0 Å². The number of carboxylic acid groups (broad SMARTS) is 1. The lowest BCUT2D eigenvalue weighted by atomic mass is 10.2. The maximum atomic E-state index is 11.9. The van der Waals surface area contributed by atoms with E-state index in [9.17, 15) is 14.7 Å². The first kappa shape index (κ1) is 15.2. The van der Waals surface area contributed by atoms with Crippen LogP contribution in [0.4, 0.5) is 0 Å². The molecule has 1 amide bonds. The molecule has 2 N–H and O–H groups in total. The SMILES string of the molecule is CCOc1cccc(C(=O)O)c1OC(C)C(=O)NC1CC1. The van der Waals surface area contributed by atoms with Gasteiger partial charge in [-0.05, 0) is 38.8 Å². The summed E-state index contributed by atoms with van der Waals surface area (Å²) in [5, 5.41) is 12.1. The standard InChI is InChI=1S/C15H19NO5/c1-3-20-12-6-4-5-11(15(18)19)13(12)21-9(2)14(17)16-10-7-8-10/h4-6,9-10H,3,7-8H2,1-2H3,(H,16,17)(H,18,19). The maximum Gasteiger partial charge on any atom is 0.339 e. The summed E-state index contributed by atoms with van der Waals surface area (Å²) >= 11 is 0. The molecule has 21 heavy (non-hydrogen) atoms. The van der Waals surface area contributed by atoms with Crippen LogP contribution >= 0.6 is 0 Å². The van der Waals surface area contributed by atoms with Crippen LogP contribution in [-0.2, 0) is 4.79 Å². The minimum atomic E-state index is -1.12. The summed E-state index contributed by atoms with van der Waals surface area (Å²) in [5.41, 5.74) is -0.0213. The third kappa shape index (κ3) is 3.87. The first-order valence-electron chi connectivity index (χ1n) is 6.99. The zero-order valence-corrected chi connectivity index (χ0v) is 12.1. The lowest BCUT2D eigenvalue weighted by Crippen LogP contribution is -2.37. The molecule has 0 spiro atoms. The fourth-order valence-electron chi connectivity index (χ4n) is 1.85. The van der Waals surface area contributed by atoms with Crippen molar-refractivity contribution in [3.63, 3.8) is 0 Å². The molecule has 114 valence electrons. The van der Waals surface area contributed by atoms with Crippen molar-refractivity contribution in [3.8, 4) is 11.5 Å². The van der Waals surface area contributed by atoms with E-state index in [2.05, 4.69) is 5.32 Å². The average Bonchev–Trinajstić information content (AvgIpc) is 3.24. The van der Waals surface area contributed by atoms with E-state index in [0.717, 1.165) is 12.8 Å². The van der Waals surface area contributed by atoms with Crippen LogP contribution in [0.5, 0.6) is 11.5 Å². The largest absolute Gasteiger partial charge is 0.490 e. The molecule has 6 nitrogen and oxygen atoms in total. The second-order valence-corrected chi connectivity index (χ2v) is 4.91. The molecule has 1 aliphatic carbocycles. The Kier molecular flexibility index (Phi) is 4.67. The number of benzene rings is 1. The third-order valence-electron chi connectivity index (χ3n) is 3.10. The van der Waals surface area contributed by atoms with E-state index in [-0.39, 0.29) is 23.3 Å². The monoisotopic (exact) mass is 293 g/mol. The van der Waals surface area contributed by atoms with Gasteiger partial charge in [0.2, 0.25) is 0 Å². The van der Waals surface area contributed by atoms with Crippen LogP contribution in [0.1, 0.15) is 37.0 Å². The minimum absolute atomic E-state index is 0.0213. The van der Waals surface area contributed by atoms with Gasteiger partial charge in [0.15, 0.2) is 17.6 Å². The number of ether oxygens (including phenoxy) is 2. The highest BCUT2D eigenvalue weighted by Crippen LogP contribution is 2.32. The summed E-state index contributed by atoms with van der Waals surface area (Å²) in [6.45, 7) is 3.76. The fourth-order valence-corrected chi connectivity index (χ4v) is 1.85. The van der Waals surface area contributed by atoms with Crippen molar-refractivity contribution in [1.82, 2.24) is 5.32 Å². The molecule has 0 heterocycles. The fraction of sp³-hybridized carbons (Fsp3) is 0.467. The highest BCUT2D eigenvalue weighted by molar-refractivity contribution is 5.92. The highest BCUT2D eigenvalue weighted by Gasteiger charge is 2.28. The van der Waals surface area contributed by atoms with E-state index in [4.69, 9.17) is 9.47 Å². The number of carboxylic acids is 1. The van der Waals surface area contributed by atoms with Gasteiger partial charge in [-0.3, -0.25) is 4.79 Å². The summed E-state index contributed by atoms with van der Waals surface area (Å²) in [6.07, 6.45) is 1.17. The number of nitrogens with one attached hydrogen (secondary N) is 1. The van der Waals surface area contributed by atoms with E-state index in [1.54, 1.807) is 26.0 Å². The molecule has 1 aromatic carbocycles. The van der Waals surface area contributed by atoms with E-state index in [0.29, 0.717) is 12.4 Å². The summed E-state index contributed by atoms with van der Waals surface area (Å²) in [4.78, 5) is 23.2. The molecule has 1 saturated carbocycles. The molecule has 0 bridgehead atoms. The molecule has 0 aliphatic heterocycles. The van der Waals surface area contributed by atoms with Gasteiger partial charge in [-0.1, -0.05) is 6.07 Å². The molecule has 1 unspecified atom stereocenters. The quantitative estimate of drug-likeness (QED) is 0.801. The third-order valence-corrected chi connectivity index (χ3v) is 3.10. The number of carbonyl (C=O) groups is 2. The number of aromatic carboxylic acids is 1. The van der Waals surface area contributed by atoms with Crippen molar-refractivity contribution in [2.24, 2.45) is 0 Å². The Morgan fingerprint density at radius 3 is 2.71 bits per heavy atom. The number of rotatable bonds is 7. The molecule has 1 aromatic rings. The van der Waals surface area contributed by atoms with E-state index < -0.39 is 12.1 Å². The molecule has 0 aromatic heterocycles. The van der Waals surface area contributed by atoms with Crippen molar-refractivity contribution in [1.29, 1.82) is 0 Å². The molecule has 1 atom stereocenters. The van der Waals surface area contributed by atoms with Gasteiger partial charge in [0.1, 0.15) is 5.56 Å². The Morgan fingerprint density at radius 1 is 1.43 bits per heavy atom. The number of carbonyl (C=O) groups excluding carboxylic acids is 1. The van der Waals surface area contributed by atoms with Crippen LogP contribution in [-0.4, -0.2) is 35.7 Å². The predicted molar refractivity (Wildman–Crippen MR) is 75.8 cm³/mol. The van der Waals surface area contributed by atoms with Crippen LogP contribution < -0.4 is 14.8 Å². The normalized spacial score (nSPS) is 15.1. The van der Waals surface area contributed by atoms with Gasteiger partial charge in [0.25, 0.3) is 5.91 Å². The Labute approximate surface area is 123 Å². The van der Waals surface area contributed by atoms with Gasteiger partial charge < -0.3 is 19.9 Å². The first-order chi connectivity index (χ1) is 10.0. The molecule has 1 fully saturated rings. The van der Waals surface area contributed by atoms with Gasteiger partial charge in [-0.25, -0.2) is 4.79 Å². The zero-order chi connectivity index (χ0) is 15.4. The zero-order valence-electron chi connectivity index (χ0n) is 12.1. The van der Waals surface area contributed by atoms with Gasteiger partial charge in [-0.15, -0.1) is 0 Å². The van der Waals surface area contributed by atoms with Crippen LogP contribution in [0.15, 0.2) is 18.2 Å². The molecule has 1 aliphatic rings. The van der Waals surface area contributed by atoms with E-state index in [1.807, 2.05) is 0 Å². The van der Waals surface area contributed by atoms with E-state index in [1.165, 1.54) is 6.07 Å². The minimum Gasteiger partial charge on any atom is -0.490 e. The van der Waals surface area contributed by atoms with Crippen molar-refractivity contribution >= 4 is 11.9 Å². The maximum absolute atomic E-state index is 11.9. The lowest BCUT2D eigenvalue weighted by Gasteiger charge is -2.18. The van der Waals surface area contributed by atoms with Gasteiger partial charge >= 0.3 is 5.97 Å². The Balaban J connectivity index is 2.18. The van der Waals surface area contributed by atoms with Gasteiger partial charge in [-0.2, -0.15) is 0 Å². The van der Waals surface area contributed by atoms with Crippen molar-refractivity contribution in [3.05, 3.63) is 23.8 Å². The summed E-state index contributed by atoms with van der Waals surface area (Å²) in [6, 6.07) is 4.85. The average molecular weight is 293 g/mol. The molecule has 6 heteroatoms. The first-order valence-corrected chi connectivity index (χ1v) is 6.99. The molecule has 2 rings (SSSR count). The summed E-state index contributed by atoms with van der Waals surface area (Å²) in [5.74, 6) is -0.963. The van der Waals surface area contributed by atoms with Crippen molar-refractivity contribution < 1.29 is 24.2 Å². The molecule has 0 radical (unpaired) electrons. The Hall–Kier alpha value is -2.24. The van der Waals surface area contributed by atoms with Crippen LogP contribution in [0.3, 0.4) is 0 Å². The lowest BCUT2D eigenvalue weighted by molar-refractivity contribution is -0.127. The second-order valence-electron chi connectivity index (χ2n) is 4.91. The number of hydrogen-bond donors (Lipinski definition) is 2. The summed E-state index contributed by atoms with van der Waals surface area (Å²) in [7, 11) is 0. The van der Waals surface area contributed by atoms with Crippen LogP contribution in [0.2, 0.25) is 0 Å². The molecule has 0 saturated heterocycles. The number of hydrogen-bond acceptors (Lipinski definition) is 4. The van der Waals surface area contributed by atoms with Crippen LogP contribution in [0, 0.1) is 0 Å². The highest BCUT2D eigenvalue weighted by atomic mass is 16.5. The summed E-state index contributed by atoms with van der Waals surface area (Å²) < 4.78 is 10.9. The molecular formula is C15H19NO5. The topological polar surface area (TPSA) is 84.9 Å². The number of para-hydroxylation sites is 1. The van der Waals surface area contributed by atoms with E-state index >= 15 is 0 Å². The number of amides is 1. The molecular weight excluding hydrogens is 274 g/mol. The second kappa shape index (κ2) is 6.47. The van der Waals surface area contributed by atoms with Crippen molar-refractivity contribution in [2.75, 3.05) is 6.61 Å². The predicted octanol–water partition coefficient (Wildman–Crippen LogP) is 1.83. The van der Waals surface area contributed by atoms with Gasteiger partial charge in [0.05, 0.1) is 6.61 Å². The Bertz CT molecular complexity index is 539. The Morgan fingerprint density at radius 2 is 2.14 bits per heavy atom. The smallest absolute Gasteiger partial charge is 0.339 e. The van der Waals surface area contributed by atoms with Gasteiger partial charge in [0, 0.05) is 6.04 Å².